The summed E-state index contributed by atoms with van der Waals surface area (Å²) in [5.74, 6) is -1.37. The Labute approximate surface area is 128 Å². The summed E-state index contributed by atoms with van der Waals surface area (Å²) in [4.78, 5) is 25.5. The minimum Gasteiger partial charge on any atom is -0.477 e. The first-order valence-electron chi connectivity index (χ1n) is 5.44. The number of H-pyrrole nitrogens is 1. The highest BCUT2D eigenvalue weighted by molar-refractivity contribution is 6.42. The summed E-state index contributed by atoms with van der Waals surface area (Å²) >= 11 is 17.9. The normalized spacial score (nSPS) is 10.6. The van der Waals surface area contributed by atoms with E-state index in [1.165, 1.54) is 12.1 Å². The molecule has 20 heavy (non-hydrogen) atoms. The molecule has 0 aliphatic heterocycles. The monoisotopic (exact) mass is 331 g/mol. The Balaban J connectivity index is 2.87. The quantitative estimate of drug-likeness (QED) is 0.873. The summed E-state index contributed by atoms with van der Waals surface area (Å²) < 4.78 is 0. The SMILES string of the molecule is Cc1[nH]c(=O)c(C(=O)O)c(-c2ccc(Cl)c(Cl)c2)c1Cl. The lowest BCUT2D eigenvalue weighted by molar-refractivity contribution is 0.0696. The first kappa shape index (κ1) is 14.9. The van der Waals surface area contributed by atoms with Gasteiger partial charge in [-0.05, 0) is 24.6 Å². The molecule has 1 aromatic carbocycles. The van der Waals surface area contributed by atoms with Gasteiger partial charge in [-0.1, -0.05) is 40.9 Å². The fourth-order valence-electron chi connectivity index (χ4n) is 1.83. The number of carboxylic acids is 1. The maximum Gasteiger partial charge on any atom is 0.342 e. The lowest BCUT2D eigenvalue weighted by Gasteiger charge is -2.11. The lowest BCUT2D eigenvalue weighted by Crippen LogP contribution is -2.20. The van der Waals surface area contributed by atoms with Gasteiger partial charge in [0.15, 0.2) is 0 Å². The van der Waals surface area contributed by atoms with Crippen molar-refractivity contribution in [2.45, 2.75) is 6.92 Å². The van der Waals surface area contributed by atoms with Crippen LogP contribution in [-0.4, -0.2) is 16.1 Å². The number of nitrogens with one attached hydrogen (secondary N) is 1. The number of aromatic carboxylic acids is 1. The molecule has 1 aromatic heterocycles. The molecule has 0 atom stereocenters. The second-order valence-corrected chi connectivity index (χ2v) is 5.27. The van der Waals surface area contributed by atoms with E-state index in [-0.39, 0.29) is 15.6 Å². The van der Waals surface area contributed by atoms with Gasteiger partial charge in [0.05, 0.1) is 15.1 Å². The molecule has 0 unspecified atom stereocenters. The van der Waals surface area contributed by atoms with Crippen molar-refractivity contribution in [2.75, 3.05) is 0 Å². The highest BCUT2D eigenvalue weighted by atomic mass is 35.5. The van der Waals surface area contributed by atoms with Crippen LogP contribution in [0.25, 0.3) is 11.1 Å². The number of hydrogen-bond acceptors (Lipinski definition) is 2. The zero-order valence-corrected chi connectivity index (χ0v) is 12.4. The molecule has 2 aromatic rings. The Morgan fingerprint density at radius 2 is 1.85 bits per heavy atom. The second kappa shape index (κ2) is 5.48. The summed E-state index contributed by atoms with van der Waals surface area (Å²) in [7, 11) is 0. The molecule has 0 aliphatic rings. The van der Waals surface area contributed by atoms with Crippen LogP contribution in [0.15, 0.2) is 23.0 Å². The topological polar surface area (TPSA) is 70.2 Å². The van der Waals surface area contributed by atoms with Gasteiger partial charge in [-0.2, -0.15) is 0 Å². The van der Waals surface area contributed by atoms with Crippen LogP contribution in [0, 0.1) is 6.92 Å². The van der Waals surface area contributed by atoms with Crippen LogP contribution in [0.5, 0.6) is 0 Å². The maximum atomic E-state index is 11.8. The van der Waals surface area contributed by atoms with Gasteiger partial charge in [-0.3, -0.25) is 4.79 Å². The van der Waals surface area contributed by atoms with Gasteiger partial charge in [0.2, 0.25) is 0 Å². The van der Waals surface area contributed by atoms with E-state index >= 15 is 0 Å². The molecule has 7 heteroatoms. The van der Waals surface area contributed by atoms with E-state index in [4.69, 9.17) is 34.8 Å². The van der Waals surface area contributed by atoms with E-state index in [1.54, 1.807) is 13.0 Å². The van der Waals surface area contributed by atoms with Gasteiger partial charge in [0.25, 0.3) is 5.56 Å². The van der Waals surface area contributed by atoms with E-state index in [1.807, 2.05) is 0 Å². The van der Waals surface area contributed by atoms with Crippen molar-refractivity contribution >= 4 is 40.8 Å². The molecule has 0 aliphatic carbocycles. The van der Waals surface area contributed by atoms with E-state index in [9.17, 15) is 14.7 Å². The van der Waals surface area contributed by atoms with E-state index in [0.717, 1.165) is 0 Å². The molecule has 0 fully saturated rings. The Hall–Kier alpha value is -1.49. The zero-order valence-electron chi connectivity index (χ0n) is 10.1. The molecule has 1 heterocycles. The third-order valence-corrected chi connectivity index (χ3v) is 3.96. The third-order valence-electron chi connectivity index (χ3n) is 2.75. The molecule has 0 spiro atoms. The van der Waals surface area contributed by atoms with Crippen LogP contribution >= 0.6 is 34.8 Å². The first-order chi connectivity index (χ1) is 9.32. The molecule has 0 saturated carbocycles. The van der Waals surface area contributed by atoms with Crippen LogP contribution < -0.4 is 5.56 Å². The number of aromatic amines is 1. The summed E-state index contributed by atoms with van der Waals surface area (Å²) in [5, 5.41) is 9.93. The van der Waals surface area contributed by atoms with Crippen LogP contribution in [0.3, 0.4) is 0 Å². The van der Waals surface area contributed by atoms with Gasteiger partial charge in [-0.15, -0.1) is 0 Å². The third kappa shape index (κ3) is 2.54. The number of halogens is 3. The van der Waals surface area contributed by atoms with Crippen molar-refractivity contribution < 1.29 is 9.90 Å². The highest BCUT2D eigenvalue weighted by Gasteiger charge is 2.21. The minimum atomic E-state index is -1.37. The maximum absolute atomic E-state index is 11.8. The van der Waals surface area contributed by atoms with Gasteiger partial charge < -0.3 is 10.1 Å². The van der Waals surface area contributed by atoms with Crippen LogP contribution in [0.4, 0.5) is 0 Å². The molecule has 0 saturated heterocycles. The molecule has 2 N–H and O–H groups in total. The zero-order chi connectivity index (χ0) is 15.0. The summed E-state index contributed by atoms with van der Waals surface area (Å²) in [6.45, 7) is 1.58. The predicted octanol–water partition coefficient (Wildman–Crippen LogP) is 4.01. The molecule has 0 radical (unpaired) electrons. The summed E-state index contributed by atoms with van der Waals surface area (Å²) in [5.41, 5.74) is -0.239. The van der Waals surface area contributed by atoms with Crippen LogP contribution in [-0.2, 0) is 0 Å². The molecule has 2 rings (SSSR count). The lowest BCUT2D eigenvalue weighted by atomic mass is 10.0. The van der Waals surface area contributed by atoms with Gasteiger partial charge in [-0.25, -0.2) is 4.79 Å². The largest absolute Gasteiger partial charge is 0.477 e. The standard InChI is InChI=1S/C13H8Cl3NO3/c1-5-11(16)9(10(13(19)20)12(18)17-5)6-2-3-7(14)8(15)4-6/h2-4H,1H3,(H,17,18)(H,19,20). The Kier molecular flexibility index (Phi) is 4.09. The van der Waals surface area contributed by atoms with E-state index in [2.05, 4.69) is 4.98 Å². The number of hydrogen-bond donors (Lipinski definition) is 2. The fourth-order valence-corrected chi connectivity index (χ4v) is 2.37. The number of rotatable bonds is 2. The number of aryl methyl sites for hydroxylation is 1. The van der Waals surface area contributed by atoms with Crippen LogP contribution in [0.1, 0.15) is 16.1 Å². The Bertz CT molecular complexity index is 768. The molecular formula is C13H8Cl3NO3. The van der Waals surface area contributed by atoms with Gasteiger partial charge in [0, 0.05) is 11.3 Å². The van der Waals surface area contributed by atoms with Crippen molar-refractivity contribution in [1.29, 1.82) is 0 Å². The second-order valence-electron chi connectivity index (χ2n) is 4.08. The molecule has 0 bridgehead atoms. The van der Waals surface area contributed by atoms with Crippen molar-refractivity contribution in [3.8, 4) is 11.1 Å². The average molecular weight is 333 g/mol. The van der Waals surface area contributed by atoms with Gasteiger partial charge >= 0.3 is 5.97 Å². The predicted molar refractivity (Wildman–Crippen MR) is 79.2 cm³/mol. The Morgan fingerprint density at radius 1 is 1.20 bits per heavy atom. The summed E-state index contributed by atoms with van der Waals surface area (Å²) in [6, 6.07) is 4.54. The average Bonchev–Trinajstić information content (AvgIpc) is 2.36. The Morgan fingerprint density at radius 3 is 2.40 bits per heavy atom. The number of aromatic nitrogens is 1. The summed E-state index contributed by atoms with van der Waals surface area (Å²) in [6.07, 6.45) is 0. The van der Waals surface area contributed by atoms with Crippen LogP contribution in [0.2, 0.25) is 15.1 Å². The van der Waals surface area contributed by atoms with Crippen molar-refractivity contribution in [3.05, 3.63) is 54.9 Å². The number of benzene rings is 1. The van der Waals surface area contributed by atoms with Crippen molar-refractivity contribution in [3.63, 3.8) is 0 Å². The van der Waals surface area contributed by atoms with Crippen molar-refractivity contribution in [2.24, 2.45) is 0 Å². The van der Waals surface area contributed by atoms with E-state index in [0.29, 0.717) is 16.3 Å². The number of carboxylic acid groups (broad SMARTS) is 1. The van der Waals surface area contributed by atoms with Crippen molar-refractivity contribution in [1.82, 2.24) is 4.98 Å². The highest BCUT2D eigenvalue weighted by Crippen LogP contribution is 2.34. The fraction of sp³-hybridized carbons (Fsp3) is 0.0769. The molecule has 4 nitrogen and oxygen atoms in total. The molecule has 104 valence electrons. The number of pyridine rings is 1. The molecular weight excluding hydrogens is 325 g/mol. The smallest absolute Gasteiger partial charge is 0.342 e. The first-order valence-corrected chi connectivity index (χ1v) is 6.57. The van der Waals surface area contributed by atoms with E-state index < -0.39 is 17.1 Å². The molecule has 0 amide bonds. The number of carbonyl (C=O) groups is 1. The minimum absolute atomic E-state index is 0.124. The van der Waals surface area contributed by atoms with Gasteiger partial charge in [0.1, 0.15) is 5.56 Å².